The maximum absolute atomic E-state index is 9.16. The molecular formula is C13H17BN2O2. The van der Waals surface area contributed by atoms with E-state index >= 15 is 0 Å². The van der Waals surface area contributed by atoms with Crippen molar-refractivity contribution in [2.45, 2.75) is 19.8 Å². The molecule has 1 aromatic rings. The van der Waals surface area contributed by atoms with E-state index in [1.54, 1.807) is 12.1 Å². The first-order valence-corrected chi connectivity index (χ1v) is 6.27. The zero-order valence-corrected chi connectivity index (χ0v) is 10.5. The average molecular weight is 244 g/mol. The molecule has 5 heteroatoms. The minimum absolute atomic E-state index is 0.270. The number of anilines is 1. The highest BCUT2D eigenvalue weighted by Crippen LogP contribution is 2.23. The van der Waals surface area contributed by atoms with Crippen LogP contribution in [0.5, 0.6) is 0 Å². The topological polar surface area (TPSA) is 67.5 Å². The fourth-order valence-corrected chi connectivity index (χ4v) is 2.33. The molecule has 1 aliphatic heterocycles. The summed E-state index contributed by atoms with van der Waals surface area (Å²) in [5.74, 6) is 0.759. The van der Waals surface area contributed by atoms with Crippen LogP contribution in [-0.4, -0.2) is 30.3 Å². The van der Waals surface area contributed by atoms with Gasteiger partial charge < -0.3 is 14.9 Å². The molecule has 1 saturated heterocycles. The van der Waals surface area contributed by atoms with Gasteiger partial charge in [0.1, 0.15) is 0 Å². The van der Waals surface area contributed by atoms with Gasteiger partial charge in [0.05, 0.1) is 11.6 Å². The predicted octanol–water partition coefficient (Wildman–Crippen LogP) is 0.474. The van der Waals surface area contributed by atoms with Gasteiger partial charge in [-0.3, -0.25) is 0 Å². The van der Waals surface area contributed by atoms with E-state index in [-0.39, 0.29) is 5.46 Å². The molecule has 0 saturated carbocycles. The molecule has 4 nitrogen and oxygen atoms in total. The summed E-state index contributed by atoms with van der Waals surface area (Å²) in [6.45, 7) is 4.24. The Morgan fingerprint density at radius 2 is 2.00 bits per heavy atom. The van der Waals surface area contributed by atoms with E-state index in [0.29, 0.717) is 5.56 Å². The van der Waals surface area contributed by atoms with E-state index in [0.717, 1.165) is 37.5 Å². The molecule has 2 rings (SSSR count). The molecular weight excluding hydrogens is 227 g/mol. The van der Waals surface area contributed by atoms with Gasteiger partial charge in [0.15, 0.2) is 0 Å². The van der Waals surface area contributed by atoms with E-state index in [2.05, 4.69) is 11.8 Å². The fraction of sp³-hybridized carbons (Fsp3) is 0.462. The Morgan fingerprint density at radius 1 is 1.33 bits per heavy atom. The first-order chi connectivity index (χ1) is 8.61. The Morgan fingerprint density at radius 3 is 2.56 bits per heavy atom. The summed E-state index contributed by atoms with van der Waals surface area (Å²) in [7, 11) is -1.59. The van der Waals surface area contributed by atoms with Crippen LogP contribution < -0.4 is 10.4 Å². The van der Waals surface area contributed by atoms with Crippen LogP contribution in [0.25, 0.3) is 0 Å². The lowest BCUT2D eigenvalue weighted by Crippen LogP contribution is -2.35. The molecule has 1 aromatic carbocycles. The Bertz CT molecular complexity index is 463. The van der Waals surface area contributed by atoms with E-state index in [4.69, 9.17) is 15.3 Å². The number of benzene rings is 1. The minimum Gasteiger partial charge on any atom is -0.423 e. The molecule has 0 spiro atoms. The molecule has 0 unspecified atom stereocenters. The van der Waals surface area contributed by atoms with E-state index in [1.165, 1.54) is 0 Å². The fourth-order valence-electron chi connectivity index (χ4n) is 2.33. The highest BCUT2D eigenvalue weighted by atomic mass is 16.4. The van der Waals surface area contributed by atoms with Crippen molar-refractivity contribution in [2.24, 2.45) is 5.92 Å². The van der Waals surface area contributed by atoms with Crippen LogP contribution >= 0.6 is 0 Å². The molecule has 1 heterocycles. The van der Waals surface area contributed by atoms with Crippen LogP contribution in [-0.2, 0) is 0 Å². The Labute approximate surface area is 108 Å². The van der Waals surface area contributed by atoms with Crippen molar-refractivity contribution in [1.29, 1.82) is 5.26 Å². The van der Waals surface area contributed by atoms with Crippen LogP contribution in [0.15, 0.2) is 18.2 Å². The third-order valence-corrected chi connectivity index (χ3v) is 3.58. The summed E-state index contributed by atoms with van der Waals surface area (Å²) in [6.07, 6.45) is 2.32. The second kappa shape index (κ2) is 5.43. The van der Waals surface area contributed by atoms with Crippen molar-refractivity contribution >= 4 is 18.3 Å². The third kappa shape index (κ3) is 2.66. The molecule has 0 aromatic heterocycles. The second-order valence-electron chi connectivity index (χ2n) is 4.93. The number of hydrogen-bond donors (Lipinski definition) is 2. The lowest BCUT2D eigenvalue weighted by atomic mass is 9.77. The highest BCUT2D eigenvalue weighted by molar-refractivity contribution is 6.59. The van der Waals surface area contributed by atoms with Crippen LogP contribution in [0.3, 0.4) is 0 Å². The van der Waals surface area contributed by atoms with Gasteiger partial charge in [-0.1, -0.05) is 13.0 Å². The number of nitrogens with zero attached hydrogens (tertiary/aromatic N) is 2. The largest absolute Gasteiger partial charge is 0.489 e. The Balaban J connectivity index is 2.23. The van der Waals surface area contributed by atoms with Gasteiger partial charge in [0.2, 0.25) is 0 Å². The van der Waals surface area contributed by atoms with Crippen LogP contribution in [0.4, 0.5) is 5.69 Å². The third-order valence-electron chi connectivity index (χ3n) is 3.58. The standard InChI is InChI=1S/C13H17BN2O2/c1-10-4-6-16(7-5-10)12-2-3-13(14(17)18)11(8-12)9-15/h2-3,8,10,17-18H,4-7H2,1H3. The first-order valence-electron chi connectivity index (χ1n) is 6.27. The monoisotopic (exact) mass is 244 g/mol. The highest BCUT2D eigenvalue weighted by Gasteiger charge is 2.20. The SMILES string of the molecule is CC1CCN(c2ccc(B(O)O)c(C#N)c2)CC1. The van der Waals surface area contributed by atoms with Crippen molar-refractivity contribution in [3.63, 3.8) is 0 Å². The first kappa shape index (κ1) is 12.9. The molecule has 0 radical (unpaired) electrons. The minimum atomic E-state index is -1.59. The summed E-state index contributed by atoms with van der Waals surface area (Å²) in [6, 6.07) is 7.23. The molecule has 0 amide bonds. The molecule has 2 N–H and O–H groups in total. The van der Waals surface area contributed by atoms with E-state index < -0.39 is 7.12 Å². The van der Waals surface area contributed by atoms with Gasteiger partial charge in [-0.05, 0) is 36.4 Å². The van der Waals surface area contributed by atoms with Crippen molar-refractivity contribution in [1.82, 2.24) is 0 Å². The quantitative estimate of drug-likeness (QED) is 0.742. The molecule has 1 aliphatic rings. The van der Waals surface area contributed by atoms with Crippen molar-refractivity contribution in [3.8, 4) is 6.07 Å². The normalized spacial score (nSPS) is 16.4. The smallest absolute Gasteiger partial charge is 0.423 e. The second-order valence-corrected chi connectivity index (χ2v) is 4.93. The Hall–Kier alpha value is -1.51. The summed E-state index contributed by atoms with van der Waals surface area (Å²) in [5.41, 5.74) is 1.59. The van der Waals surface area contributed by atoms with Gasteiger partial charge in [0, 0.05) is 18.8 Å². The lowest BCUT2D eigenvalue weighted by molar-refractivity contribution is 0.425. The number of hydrogen-bond acceptors (Lipinski definition) is 4. The van der Waals surface area contributed by atoms with Crippen LogP contribution in [0, 0.1) is 17.2 Å². The van der Waals surface area contributed by atoms with E-state index in [9.17, 15) is 0 Å². The van der Waals surface area contributed by atoms with Gasteiger partial charge >= 0.3 is 7.12 Å². The summed E-state index contributed by atoms with van der Waals surface area (Å²) in [5, 5.41) is 27.4. The maximum Gasteiger partial charge on any atom is 0.489 e. The summed E-state index contributed by atoms with van der Waals surface area (Å²) >= 11 is 0. The molecule has 0 atom stereocenters. The van der Waals surface area contributed by atoms with Crippen molar-refractivity contribution in [3.05, 3.63) is 23.8 Å². The van der Waals surface area contributed by atoms with Crippen molar-refractivity contribution < 1.29 is 10.0 Å². The molecule has 1 fully saturated rings. The Kier molecular flexibility index (Phi) is 3.90. The van der Waals surface area contributed by atoms with Crippen LogP contribution in [0.1, 0.15) is 25.3 Å². The molecule has 0 bridgehead atoms. The molecule has 18 heavy (non-hydrogen) atoms. The summed E-state index contributed by atoms with van der Waals surface area (Å²) in [4.78, 5) is 2.24. The zero-order chi connectivity index (χ0) is 13.1. The zero-order valence-electron chi connectivity index (χ0n) is 10.5. The van der Waals surface area contributed by atoms with Crippen molar-refractivity contribution in [2.75, 3.05) is 18.0 Å². The lowest BCUT2D eigenvalue weighted by Gasteiger charge is -2.32. The number of nitriles is 1. The predicted molar refractivity (Wildman–Crippen MR) is 71.6 cm³/mol. The van der Waals surface area contributed by atoms with Gasteiger partial charge in [-0.25, -0.2) is 0 Å². The summed E-state index contributed by atoms with van der Waals surface area (Å²) < 4.78 is 0. The van der Waals surface area contributed by atoms with Gasteiger partial charge in [-0.15, -0.1) is 0 Å². The molecule has 94 valence electrons. The average Bonchev–Trinajstić information content (AvgIpc) is 2.38. The number of rotatable bonds is 2. The number of piperidine rings is 1. The van der Waals surface area contributed by atoms with Gasteiger partial charge in [-0.2, -0.15) is 5.26 Å². The van der Waals surface area contributed by atoms with Gasteiger partial charge in [0.25, 0.3) is 0 Å². The van der Waals surface area contributed by atoms with E-state index in [1.807, 2.05) is 12.1 Å². The van der Waals surface area contributed by atoms with Crippen LogP contribution in [0.2, 0.25) is 0 Å². The maximum atomic E-state index is 9.16. The molecule has 0 aliphatic carbocycles.